The van der Waals surface area contributed by atoms with Crippen molar-refractivity contribution in [2.75, 3.05) is 6.61 Å². The fourth-order valence-electron chi connectivity index (χ4n) is 1.86. The van der Waals surface area contributed by atoms with Crippen molar-refractivity contribution < 1.29 is 4.74 Å². The number of nitrogens with two attached hydrogens (primary N) is 1. The molecule has 0 saturated heterocycles. The topological polar surface area (TPSA) is 61.0 Å². The second-order valence-electron chi connectivity index (χ2n) is 4.49. The Morgan fingerprint density at radius 2 is 2.00 bits per heavy atom. The van der Waals surface area contributed by atoms with E-state index in [1.807, 2.05) is 43.6 Å². The quantitative estimate of drug-likeness (QED) is 0.808. The molecule has 0 amide bonds. The average Bonchev–Trinajstić information content (AvgIpc) is 2.45. The molecule has 0 aliphatic heterocycles. The summed E-state index contributed by atoms with van der Waals surface area (Å²) < 4.78 is 5.71. The minimum absolute atomic E-state index is 0.0658. The first-order chi connectivity index (χ1) is 9.27. The summed E-state index contributed by atoms with van der Waals surface area (Å²) >= 11 is 0. The van der Waals surface area contributed by atoms with Crippen LogP contribution >= 0.6 is 0 Å². The molecule has 0 aliphatic rings. The smallest absolute Gasteiger partial charge is 0.218 e. The van der Waals surface area contributed by atoms with Crippen molar-refractivity contribution in [3.63, 3.8) is 0 Å². The first-order valence-electron chi connectivity index (χ1n) is 6.49. The zero-order valence-electron chi connectivity index (χ0n) is 11.1. The van der Waals surface area contributed by atoms with Gasteiger partial charge in [0, 0.05) is 30.2 Å². The van der Waals surface area contributed by atoms with Crippen LogP contribution in [0.1, 0.15) is 30.5 Å². The number of hydrogen-bond donors (Lipinski definition) is 1. The van der Waals surface area contributed by atoms with Crippen LogP contribution in [0.15, 0.2) is 42.9 Å². The van der Waals surface area contributed by atoms with E-state index in [2.05, 4.69) is 9.97 Å². The Bertz CT molecular complexity index is 500. The molecule has 2 N–H and O–H groups in total. The maximum atomic E-state index is 5.88. The summed E-state index contributed by atoms with van der Waals surface area (Å²) in [5, 5.41) is 0. The maximum absolute atomic E-state index is 5.88. The van der Waals surface area contributed by atoms with E-state index in [-0.39, 0.29) is 6.04 Å². The molecule has 4 nitrogen and oxygen atoms in total. The molecule has 100 valence electrons. The Kier molecular flexibility index (Phi) is 4.86. The summed E-state index contributed by atoms with van der Waals surface area (Å²) in [4.78, 5) is 8.23. The monoisotopic (exact) mass is 257 g/mol. The van der Waals surface area contributed by atoms with Gasteiger partial charge >= 0.3 is 0 Å². The van der Waals surface area contributed by atoms with Gasteiger partial charge in [0.05, 0.1) is 6.61 Å². The number of aromatic nitrogens is 2. The molecule has 0 spiro atoms. The summed E-state index contributed by atoms with van der Waals surface area (Å²) in [6, 6.07) is 7.81. The molecule has 0 unspecified atom stereocenters. The number of aryl methyl sites for hydroxylation is 1. The standard InChI is InChI=1S/C15H19N3O/c1-12(16)14-5-2-8-18-15(14)19-11-3-4-13-6-9-17-10-7-13/h2,5-10,12H,3-4,11,16H2,1H3/t12-/m0/s1. The van der Waals surface area contributed by atoms with Crippen LogP contribution in [0.5, 0.6) is 5.88 Å². The third-order valence-electron chi connectivity index (χ3n) is 2.89. The maximum Gasteiger partial charge on any atom is 0.218 e. The van der Waals surface area contributed by atoms with Crippen molar-refractivity contribution in [2.24, 2.45) is 5.73 Å². The highest BCUT2D eigenvalue weighted by Crippen LogP contribution is 2.20. The van der Waals surface area contributed by atoms with Crippen LogP contribution in [0.2, 0.25) is 0 Å². The lowest BCUT2D eigenvalue weighted by Crippen LogP contribution is -2.10. The van der Waals surface area contributed by atoms with Gasteiger partial charge in [0.2, 0.25) is 5.88 Å². The van der Waals surface area contributed by atoms with Crippen molar-refractivity contribution in [1.29, 1.82) is 0 Å². The SMILES string of the molecule is C[C@H](N)c1cccnc1OCCCc1ccncc1. The van der Waals surface area contributed by atoms with E-state index in [0.29, 0.717) is 12.5 Å². The van der Waals surface area contributed by atoms with Crippen molar-refractivity contribution in [1.82, 2.24) is 9.97 Å². The highest BCUT2D eigenvalue weighted by Gasteiger charge is 2.08. The fourth-order valence-corrected chi connectivity index (χ4v) is 1.86. The molecule has 1 atom stereocenters. The zero-order chi connectivity index (χ0) is 13.5. The van der Waals surface area contributed by atoms with Gasteiger partial charge in [0.15, 0.2) is 0 Å². The highest BCUT2D eigenvalue weighted by molar-refractivity contribution is 5.28. The minimum atomic E-state index is -0.0658. The molecule has 19 heavy (non-hydrogen) atoms. The zero-order valence-corrected chi connectivity index (χ0v) is 11.1. The Balaban J connectivity index is 1.83. The molecule has 0 bridgehead atoms. The molecule has 0 radical (unpaired) electrons. The molecule has 0 aromatic carbocycles. The number of nitrogens with zero attached hydrogens (tertiary/aromatic N) is 2. The van der Waals surface area contributed by atoms with Gasteiger partial charge in [-0.2, -0.15) is 0 Å². The van der Waals surface area contributed by atoms with Crippen molar-refractivity contribution in [3.05, 3.63) is 54.0 Å². The molecular formula is C15H19N3O. The summed E-state index contributed by atoms with van der Waals surface area (Å²) in [5.74, 6) is 0.646. The van der Waals surface area contributed by atoms with E-state index < -0.39 is 0 Å². The van der Waals surface area contributed by atoms with Crippen LogP contribution in [-0.2, 0) is 6.42 Å². The van der Waals surface area contributed by atoms with Gasteiger partial charge in [0.25, 0.3) is 0 Å². The van der Waals surface area contributed by atoms with Crippen LogP contribution in [0.4, 0.5) is 0 Å². The first-order valence-corrected chi connectivity index (χ1v) is 6.49. The molecule has 0 fully saturated rings. The van der Waals surface area contributed by atoms with E-state index in [1.165, 1.54) is 5.56 Å². The fraction of sp³-hybridized carbons (Fsp3) is 0.333. The molecule has 0 saturated carbocycles. The third-order valence-corrected chi connectivity index (χ3v) is 2.89. The van der Waals surface area contributed by atoms with Gasteiger partial charge < -0.3 is 10.5 Å². The van der Waals surface area contributed by atoms with Gasteiger partial charge in [-0.1, -0.05) is 6.07 Å². The van der Waals surface area contributed by atoms with Gasteiger partial charge in [0.1, 0.15) is 0 Å². The lowest BCUT2D eigenvalue weighted by molar-refractivity contribution is 0.294. The number of pyridine rings is 2. The first kappa shape index (κ1) is 13.5. The lowest BCUT2D eigenvalue weighted by Gasteiger charge is -2.12. The number of hydrogen-bond acceptors (Lipinski definition) is 4. The van der Waals surface area contributed by atoms with Crippen LogP contribution in [0.3, 0.4) is 0 Å². The lowest BCUT2D eigenvalue weighted by atomic mass is 10.1. The normalized spacial score (nSPS) is 12.1. The van der Waals surface area contributed by atoms with Crippen LogP contribution < -0.4 is 10.5 Å². The van der Waals surface area contributed by atoms with E-state index in [0.717, 1.165) is 18.4 Å². The molecule has 0 aliphatic carbocycles. The Morgan fingerprint density at radius 1 is 1.21 bits per heavy atom. The second kappa shape index (κ2) is 6.85. The highest BCUT2D eigenvalue weighted by atomic mass is 16.5. The van der Waals surface area contributed by atoms with Crippen LogP contribution in [0.25, 0.3) is 0 Å². The summed E-state index contributed by atoms with van der Waals surface area (Å²) in [5.41, 5.74) is 8.10. The van der Waals surface area contributed by atoms with Crippen molar-refractivity contribution in [2.45, 2.75) is 25.8 Å². The number of ether oxygens (including phenoxy) is 1. The van der Waals surface area contributed by atoms with E-state index in [1.54, 1.807) is 6.20 Å². The molecular weight excluding hydrogens is 238 g/mol. The van der Waals surface area contributed by atoms with E-state index in [4.69, 9.17) is 10.5 Å². The largest absolute Gasteiger partial charge is 0.477 e. The predicted molar refractivity (Wildman–Crippen MR) is 74.9 cm³/mol. The second-order valence-corrected chi connectivity index (χ2v) is 4.49. The van der Waals surface area contributed by atoms with Gasteiger partial charge in [-0.05, 0) is 43.5 Å². The summed E-state index contributed by atoms with van der Waals surface area (Å²) in [6.45, 7) is 2.57. The third kappa shape index (κ3) is 4.03. The van der Waals surface area contributed by atoms with Crippen LogP contribution in [-0.4, -0.2) is 16.6 Å². The number of rotatable bonds is 6. The van der Waals surface area contributed by atoms with Gasteiger partial charge in [-0.15, -0.1) is 0 Å². The summed E-state index contributed by atoms with van der Waals surface area (Å²) in [7, 11) is 0. The van der Waals surface area contributed by atoms with Crippen LogP contribution in [0, 0.1) is 0 Å². The molecule has 2 aromatic heterocycles. The Labute approximate surface area is 113 Å². The summed E-state index contributed by atoms with van der Waals surface area (Å²) in [6.07, 6.45) is 7.26. The van der Waals surface area contributed by atoms with Crippen molar-refractivity contribution in [3.8, 4) is 5.88 Å². The Hall–Kier alpha value is -1.94. The minimum Gasteiger partial charge on any atom is -0.477 e. The van der Waals surface area contributed by atoms with E-state index >= 15 is 0 Å². The predicted octanol–water partition coefficient (Wildman–Crippen LogP) is 2.51. The van der Waals surface area contributed by atoms with Crippen molar-refractivity contribution >= 4 is 0 Å². The van der Waals surface area contributed by atoms with Gasteiger partial charge in [-0.25, -0.2) is 4.98 Å². The molecule has 2 aromatic rings. The average molecular weight is 257 g/mol. The van der Waals surface area contributed by atoms with Gasteiger partial charge in [-0.3, -0.25) is 4.98 Å². The molecule has 4 heteroatoms. The molecule has 2 heterocycles. The Morgan fingerprint density at radius 3 is 2.74 bits per heavy atom. The van der Waals surface area contributed by atoms with E-state index in [9.17, 15) is 0 Å². The molecule has 2 rings (SSSR count).